The van der Waals surface area contributed by atoms with E-state index in [1.54, 1.807) is 4.90 Å². The number of hydrogen-bond donors (Lipinski definition) is 1. The normalized spacial score (nSPS) is 26.0. The van der Waals surface area contributed by atoms with Gasteiger partial charge in [-0.15, -0.1) is 0 Å². The van der Waals surface area contributed by atoms with Crippen LogP contribution in [0.1, 0.15) is 52.9 Å². The fraction of sp³-hybridized carbons (Fsp3) is 0.824. The maximum absolute atomic E-state index is 12.8. The van der Waals surface area contributed by atoms with Crippen molar-refractivity contribution in [2.75, 3.05) is 19.6 Å². The molecule has 0 aromatic heterocycles. The Hall–Kier alpha value is -1.59. The molecular formula is C17H28N2O4. The zero-order valence-corrected chi connectivity index (χ0v) is 14.4. The van der Waals surface area contributed by atoms with Gasteiger partial charge in [-0.2, -0.15) is 0 Å². The summed E-state index contributed by atoms with van der Waals surface area (Å²) in [5.74, 6) is -1.22. The summed E-state index contributed by atoms with van der Waals surface area (Å²) in [6.45, 7) is 7.25. The van der Waals surface area contributed by atoms with E-state index in [1.807, 2.05) is 20.8 Å². The summed E-state index contributed by atoms with van der Waals surface area (Å²) < 4.78 is 0. The number of carbonyl (C=O) groups excluding carboxylic acids is 2. The lowest BCUT2D eigenvalue weighted by Crippen LogP contribution is -2.54. The highest BCUT2D eigenvalue weighted by Gasteiger charge is 2.38. The Balaban J connectivity index is 2.06. The number of carbonyl (C=O) groups is 3. The van der Waals surface area contributed by atoms with Gasteiger partial charge < -0.3 is 14.9 Å². The highest BCUT2D eigenvalue weighted by molar-refractivity contribution is 5.87. The molecule has 0 unspecified atom stereocenters. The van der Waals surface area contributed by atoms with Gasteiger partial charge in [0, 0.05) is 25.0 Å². The summed E-state index contributed by atoms with van der Waals surface area (Å²) in [6.07, 6.45) is 3.75. The second kappa shape index (κ2) is 6.89. The molecule has 2 amide bonds. The fourth-order valence-corrected chi connectivity index (χ4v) is 3.52. The molecule has 6 nitrogen and oxygen atoms in total. The van der Waals surface area contributed by atoms with Crippen LogP contribution < -0.4 is 0 Å². The van der Waals surface area contributed by atoms with Crippen LogP contribution in [0.3, 0.4) is 0 Å². The first kappa shape index (κ1) is 17.8. The molecule has 0 aromatic carbocycles. The molecule has 23 heavy (non-hydrogen) atoms. The molecule has 0 spiro atoms. The van der Waals surface area contributed by atoms with E-state index in [0.717, 1.165) is 25.7 Å². The molecule has 2 atom stereocenters. The van der Waals surface area contributed by atoms with E-state index in [-0.39, 0.29) is 17.7 Å². The van der Waals surface area contributed by atoms with E-state index in [2.05, 4.69) is 0 Å². The van der Waals surface area contributed by atoms with Gasteiger partial charge in [0.15, 0.2) is 0 Å². The molecule has 2 saturated heterocycles. The number of hydrogen-bond acceptors (Lipinski definition) is 3. The van der Waals surface area contributed by atoms with Gasteiger partial charge in [-0.1, -0.05) is 20.8 Å². The van der Waals surface area contributed by atoms with Gasteiger partial charge in [0.25, 0.3) is 0 Å². The SMILES string of the molecule is CC(C)(C)C(=O)N1CCC[C@H](C(=O)N2CCCC[C@H]2C(=O)O)C1. The van der Waals surface area contributed by atoms with Crippen molar-refractivity contribution in [2.45, 2.75) is 58.9 Å². The third-order valence-electron chi connectivity index (χ3n) is 4.77. The van der Waals surface area contributed by atoms with E-state index in [4.69, 9.17) is 0 Å². The number of likely N-dealkylation sites (tertiary alicyclic amines) is 2. The Morgan fingerprint density at radius 3 is 2.30 bits per heavy atom. The molecule has 0 bridgehead atoms. The third-order valence-corrected chi connectivity index (χ3v) is 4.77. The van der Waals surface area contributed by atoms with E-state index >= 15 is 0 Å². The zero-order chi connectivity index (χ0) is 17.2. The number of piperidine rings is 2. The molecule has 6 heteroatoms. The molecule has 0 aromatic rings. The fourth-order valence-electron chi connectivity index (χ4n) is 3.52. The van der Waals surface area contributed by atoms with Crippen LogP contribution in [0.5, 0.6) is 0 Å². The third kappa shape index (κ3) is 4.03. The highest BCUT2D eigenvalue weighted by atomic mass is 16.4. The van der Waals surface area contributed by atoms with Crippen molar-refractivity contribution in [1.82, 2.24) is 9.80 Å². The number of rotatable bonds is 2. The molecule has 0 aliphatic carbocycles. The first-order valence-electron chi connectivity index (χ1n) is 8.54. The predicted molar refractivity (Wildman–Crippen MR) is 85.7 cm³/mol. The van der Waals surface area contributed by atoms with Crippen LogP contribution in [0.4, 0.5) is 0 Å². The van der Waals surface area contributed by atoms with E-state index < -0.39 is 17.4 Å². The van der Waals surface area contributed by atoms with Gasteiger partial charge >= 0.3 is 5.97 Å². The lowest BCUT2D eigenvalue weighted by Gasteiger charge is -2.40. The molecule has 2 rings (SSSR count). The minimum atomic E-state index is -0.920. The van der Waals surface area contributed by atoms with Gasteiger partial charge in [0.05, 0.1) is 5.92 Å². The number of aliphatic carboxylic acids is 1. The number of carboxylic acids is 1. The molecule has 130 valence electrons. The van der Waals surface area contributed by atoms with Crippen LogP contribution in [-0.4, -0.2) is 58.4 Å². The second-order valence-electron chi connectivity index (χ2n) is 7.72. The van der Waals surface area contributed by atoms with Crippen molar-refractivity contribution >= 4 is 17.8 Å². The summed E-state index contributed by atoms with van der Waals surface area (Å²) in [4.78, 5) is 40.0. The summed E-state index contributed by atoms with van der Waals surface area (Å²) in [6, 6.07) is -0.704. The molecule has 2 fully saturated rings. The number of nitrogens with zero attached hydrogens (tertiary/aromatic N) is 2. The summed E-state index contributed by atoms with van der Waals surface area (Å²) >= 11 is 0. The van der Waals surface area contributed by atoms with E-state index in [1.165, 1.54) is 4.90 Å². The molecule has 2 aliphatic rings. The van der Waals surface area contributed by atoms with Crippen LogP contribution in [0.2, 0.25) is 0 Å². The van der Waals surface area contributed by atoms with Crippen molar-refractivity contribution in [3.8, 4) is 0 Å². The van der Waals surface area contributed by atoms with Crippen LogP contribution >= 0.6 is 0 Å². The standard InChI is InChI=1S/C17H28N2O4/c1-17(2,3)16(23)18-9-6-7-12(11-18)14(20)19-10-5-4-8-13(19)15(21)22/h12-13H,4-11H2,1-3H3,(H,21,22)/t12-,13-/m0/s1. The van der Waals surface area contributed by atoms with Gasteiger partial charge in [-0.25, -0.2) is 4.79 Å². The maximum Gasteiger partial charge on any atom is 0.326 e. The average molecular weight is 324 g/mol. The monoisotopic (exact) mass is 324 g/mol. The predicted octanol–water partition coefficient (Wildman–Crippen LogP) is 1.74. The molecule has 2 heterocycles. The van der Waals surface area contributed by atoms with Crippen LogP contribution in [0.15, 0.2) is 0 Å². The Morgan fingerprint density at radius 2 is 1.70 bits per heavy atom. The summed E-state index contributed by atoms with van der Waals surface area (Å²) in [5, 5.41) is 9.34. The van der Waals surface area contributed by atoms with Crippen LogP contribution in [0.25, 0.3) is 0 Å². The smallest absolute Gasteiger partial charge is 0.326 e. The number of amides is 2. The zero-order valence-electron chi connectivity index (χ0n) is 14.4. The largest absolute Gasteiger partial charge is 0.480 e. The van der Waals surface area contributed by atoms with Crippen LogP contribution in [-0.2, 0) is 14.4 Å². The Labute approximate surface area is 137 Å². The van der Waals surface area contributed by atoms with Gasteiger partial charge in [-0.05, 0) is 32.1 Å². The van der Waals surface area contributed by atoms with Gasteiger partial charge in [0.1, 0.15) is 6.04 Å². The Morgan fingerprint density at radius 1 is 1.00 bits per heavy atom. The molecule has 2 aliphatic heterocycles. The lowest BCUT2D eigenvalue weighted by atomic mass is 9.90. The Kier molecular flexibility index (Phi) is 5.32. The van der Waals surface area contributed by atoms with Gasteiger partial charge in [0.2, 0.25) is 11.8 Å². The first-order valence-corrected chi connectivity index (χ1v) is 8.54. The molecule has 0 radical (unpaired) electrons. The van der Waals surface area contributed by atoms with E-state index in [0.29, 0.717) is 26.1 Å². The molecular weight excluding hydrogens is 296 g/mol. The topological polar surface area (TPSA) is 77.9 Å². The van der Waals surface area contributed by atoms with Crippen LogP contribution in [0, 0.1) is 11.3 Å². The van der Waals surface area contributed by atoms with Crippen molar-refractivity contribution in [3.63, 3.8) is 0 Å². The number of carboxylic acid groups (broad SMARTS) is 1. The highest BCUT2D eigenvalue weighted by Crippen LogP contribution is 2.27. The summed E-state index contributed by atoms with van der Waals surface area (Å²) in [7, 11) is 0. The van der Waals surface area contributed by atoms with Crippen molar-refractivity contribution in [2.24, 2.45) is 11.3 Å². The Bertz CT molecular complexity index is 483. The first-order chi connectivity index (χ1) is 10.7. The van der Waals surface area contributed by atoms with Crippen molar-refractivity contribution in [3.05, 3.63) is 0 Å². The average Bonchev–Trinajstić information content (AvgIpc) is 2.52. The molecule has 0 saturated carbocycles. The quantitative estimate of drug-likeness (QED) is 0.839. The second-order valence-corrected chi connectivity index (χ2v) is 7.72. The molecule has 1 N–H and O–H groups in total. The lowest BCUT2D eigenvalue weighted by molar-refractivity contribution is -0.156. The van der Waals surface area contributed by atoms with Crippen molar-refractivity contribution < 1.29 is 19.5 Å². The summed E-state index contributed by atoms with van der Waals surface area (Å²) in [5.41, 5.74) is -0.459. The van der Waals surface area contributed by atoms with E-state index in [9.17, 15) is 19.5 Å². The minimum absolute atomic E-state index is 0.0587. The van der Waals surface area contributed by atoms with Gasteiger partial charge in [-0.3, -0.25) is 9.59 Å². The maximum atomic E-state index is 12.8. The van der Waals surface area contributed by atoms with Crippen molar-refractivity contribution in [1.29, 1.82) is 0 Å². The minimum Gasteiger partial charge on any atom is -0.480 e.